The summed E-state index contributed by atoms with van der Waals surface area (Å²) in [6.07, 6.45) is 1.99. The molecular formula is C16H11BrN2O2S. The van der Waals surface area contributed by atoms with Gasteiger partial charge in [-0.15, -0.1) is 0 Å². The zero-order valence-electron chi connectivity index (χ0n) is 11.4. The minimum absolute atomic E-state index is 0.273. The Balaban J connectivity index is 1.77. The molecule has 0 aliphatic carbocycles. The van der Waals surface area contributed by atoms with Gasteiger partial charge in [0.25, 0.3) is 0 Å². The third kappa shape index (κ3) is 2.34. The van der Waals surface area contributed by atoms with Crippen molar-refractivity contribution in [1.82, 2.24) is 9.55 Å². The van der Waals surface area contributed by atoms with E-state index in [-0.39, 0.29) is 6.79 Å². The zero-order valence-corrected chi connectivity index (χ0v) is 13.8. The van der Waals surface area contributed by atoms with Crippen molar-refractivity contribution in [3.8, 4) is 28.4 Å². The van der Waals surface area contributed by atoms with E-state index < -0.39 is 0 Å². The highest BCUT2D eigenvalue weighted by Gasteiger charge is 2.15. The summed E-state index contributed by atoms with van der Waals surface area (Å²) in [6.45, 7) is 0.273. The fourth-order valence-electron chi connectivity index (χ4n) is 2.40. The number of benzene rings is 2. The lowest BCUT2D eigenvalue weighted by Gasteiger charge is -2.02. The molecule has 4 rings (SSSR count). The first-order valence-corrected chi connectivity index (χ1v) is 7.88. The van der Waals surface area contributed by atoms with Gasteiger partial charge >= 0.3 is 0 Å². The van der Waals surface area contributed by atoms with Crippen molar-refractivity contribution in [3.63, 3.8) is 0 Å². The molecule has 1 N–H and O–H groups in total. The molecule has 0 fully saturated rings. The number of nitrogens with one attached hydrogen (secondary N) is 1. The van der Waals surface area contributed by atoms with E-state index >= 15 is 0 Å². The van der Waals surface area contributed by atoms with Crippen molar-refractivity contribution >= 4 is 28.1 Å². The number of aromatic nitrogens is 2. The molecule has 0 unspecified atom stereocenters. The van der Waals surface area contributed by atoms with Crippen molar-refractivity contribution in [2.45, 2.75) is 0 Å². The third-order valence-corrected chi connectivity index (χ3v) is 4.33. The van der Waals surface area contributed by atoms with Crippen LogP contribution in [0, 0.1) is 4.77 Å². The number of ether oxygens (including phenoxy) is 2. The second-order valence-electron chi connectivity index (χ2n) is 4.89. The van der Waals surface area contributed by atoms with Crippen molar-refractivity contribution in [1.29, 1.82) is 0 Å². The van der Waals surface area contributed by atoms with Gasteiger partial charge in [0.05, 0.1) is 5.69 Å². The lowest BCUT2D eigenvalue weighted by molar-refractivity contribution is 0.174. The Labute approximate surface area is 140 Å². The van der Waals surface area contributed by atoms with Crippen LogP contribution in [-0.2, 0) is 0 Å². The average molecular weight is 375 g/mol. The van der Waals surface area contributed by atoms with E-state index in [9.17, 15) is 0 Å². The molecule has 1 aliphatic rings. The lowest BCUT2D eigenvalue weighted by Crippen LogP contribution is -1.92. The smallest absolute Gasteiger partial charge is 0.231 e. The van der Waals surface area contributed by atoms with Crippen LogP contribution in [0.15, 0.2) is 53.1 Å². The van der Waals surface area contributed by atoms with Crippen molar-refractivity contribution < 1.29 is 9.47 Å². The molecule has 0 atom stereocenters. The van der Waals surface area contributed by atoms with Gasteiger partial charge in [0.1, 0.15) is 0 Å². The SMILES string of the molecule is S=c1[nH]c(-c2ccc3c(c2)OCO3)cn1-c1ccc(Br)cc1. The van der Waals surface area contributed by atoms with E-state index in [1.54, 1.807) is 0 Å². The first-order chi connectivity index (χ1) is 10.7. The van der Waals surface area contributed by atoms with Gasteiger partial charge in [-0.05, 0) is 54.7 Å². The number of rotatable bonds is 2. The summed E-state index contributed by atoms with van der Waals surface area (Å²) < 4.78 is 14.4. The molecule has 2 heterocycles. The highest BCUT2D eigenvalue weighted by molar-refractivity contribution is 9.10. The van der Waals surface area contributed by atoms with E-state index in [2.05, 4.69) is 20.9 Å². The number of H-pyrrole nitrogens is 1. The van der Waals surface area contributed by atoms with Crippen LogP contribution in [0.25, 0.3) is 16.9 Å². The summed E-state index contributed by atoms with van der Waals surface area (Å²) in [4.78, 5) is 3.23. The van der Waals surface area contributed by atoms with Gasteiger partial charge < -0.3 is 14.5 Å². The Bertz CT molecular complexity index is 899. The van der Waals surface area contributed by atoms with E-state index in [4.69, 9.17) is 21.7 Å². The number of aromatic amines is 1. The van der Waals surface area contributed by atoms with Crippen LogP contribution in [0.3, 0.4) is 0 Å². The summed E-state index contributed by atoms with van der Waals surface area (Å²) in [5, 5.41) is 0. The highest BCUT2D eigenvalue weighted by atomic mass is 79.9. The number of halogens is 1. The Hall–Kier alpha value is -2.05. The Kier molecular flexibility index (Phi) is 3.28. The molecule has 110 valence electrons. The van der Waals surface area contributed by atoms with Crippen LogP contribution in [0.1, 0.15) is 0 Å². The maximum absolute atomic E-state index is 5.43. The minimum Gasteiger partial charge on any atom is -0.454 e. The normalized spacial score (nSPS) is 12.6. The van der Waals surface area contributed by atoms with Crippen LogP contribution in [0.5, 0.6) is 11.5 Å². The number of imidazole rings is 1. The molecule has 0 saturated carbocycles. The van der Waals surface area contributed by atoms with Crippen LogP contribution in [-0.4, -0.2) is 16.3 Å². The predicted molar refractivity (Wildman–Crippen MR) is 90.2 cm³/mol. The third-order valence-electron chi connectivity index (χ3n) is 3.51. The molecule has 0 amide bonds. The number of nitrogens with zero attached hydrogens (tertiary/aromatic N) is 1. The molecule has 0 spiro atoms. The molecule has 3 aromatic rings. The number of fused-ring (bicyclic) bond motifs is 1. The highest BCUT2D eigenvalue weighted by Crippen LogP contribution is 2.35. The summed E-state index contributed by atoms with van der Waals surface area (Å²) >= 11 is 8.86. The van der Waals surface area contributed by atoms with Gasteiger partial charge in [0.15, 0.2) is 16.3 Å². The summed E-state index contributed by atoms with van der Waals surface area (Å²) in [5.74, 6) is 1.53. The van der Waals surface area contributed by atoms with Gasteiger partial charge in [0.2, 0.25) is 6.79 Å². The monoisotopic (exact) mass is 374 g/mol. The maximum atomic E-state index is 5.43. The summed E-state index contributed by atoms with van der Waals surface area (Å²) in [5.41, 5.74) is 2.95. The standard InChI is InChI=1S/C16H11BrN2O2S/c17-11-2-4-12(5-3-11)19-8-13(18-16(19)22)10-1-6-14-15(7-10)21-9-20-14/h1-8H,9H2,(H,18,22). The van der Waals surface area contributed by atoms with Crippen LogP contribution < -0.4 is 9.47 Å². The average Bonchev–Trinajstić information content (AvgIpc) is 3.13. The van der Waals surface area contributed by atoms with E-state index in [0.29, 0.717) is 4.77 Å². The fraction of sp³-hybridized carbons (Fsp3) is 0.0625. The fourth-order valence-corrected chi connectivity index (χ4v) is 2.93. The molecule has 1 aromatic heterocycles. The maximum Gasteiger partial charge on any atom is 0.231 e. The Morgan fingerprint density at radius 1 is 1.05 bits per heavy atom. The lowest BCUT2D eigenvalue weighted by atomic mass is 10.1. The molecule has 2 aromatic carbocycles. The quantitative estimate of drug-likeness (QED) is 0.661. The summed E-state index contributed by atoms with van der Waals surface area (Å²) in [7, 11) is 0. The zero-order chi connectivity index (χ0) is 15.1. The number of hydrogen-bond donors (Lipinski definition) is 1. The van der Waals surface area contributed by atoms with Crippen LogP contribution in [0.2, 0.25) is 0 Å². The molecular weight excluding hydrogens is 364 g/mol. The molecule has 1 aliphatic heterocycles. The molecule has 0 saturated heterocycles. The molecule has 22 heavy (non-hydrogen) atoms. The van der Waals surface area contributed by atoms with Gasteiger partial charge in [-0.2, -0.15) is 0 Å². The van der Waals surface area contributed by atoms with Crippen LogP contribution in [0.4, 0.5) is 0 Å². The minimum atomic E-state index is 0.273. The van der Waals surface area contributed by atoms with Gasteiger partial charge in [-0.3, -0.25) is 4.57 Å². The van der Waals surface area contributed by atoms with E-state index in [0.717, 1.165) is 32.9 Å². The van der Waals surface area contributed by atoms with Crippen molar-refractivity contribution in [2.24, 2.45) is 0 Å². The molecule has 4 nitrogen and oxygen atoms in total. The van der Waals surface area contributed by atoms with E-state index in [1.807, 2.05) is 53.2 Å². The van der Waals surface area contributed by atoms with Crippen molar-refractivity contribution in [2.75, 3.05) is 6.79 Å². The Morgan fingerprint density at radius 2 is 1.82 bits per heavy atom. The van der Waals surface area contributed by atoms with Gasteiger partial charge in [0, 0.05) is 21.9 Å². The van der Waals surface area contributed by atoms with E-state index in [1.165, 1.54) is 0 Å². The first kappa shape index (κ1) is 13.6. The molecule has 6 heteroatoms. The topological polar surface area (TPSA) is 39.2 Å². The second kappa shape index (κ2) is 5.30. The molecule has 0 bridgehead atoms. The number of hydrogen-bond acceptors (Lipinski definition) is 3. The summed E-state index contributed by atoms with van der Waals surface area (Å²) in [6, 6.07) is 13.9. The van der Waals surface area contributed by atoms with Crippen molar-refractivity contribution in [3.05, 3.63) is 57.9 Å². The van der Waals surface area contributed by atoms with Gasteiger partial charge in [-0.25, -0.2) is 0 Å². The predicted octanol–water partition coefficient (Wildman–Crippen LogP) is 4.69. The molecule has 0 radical (unpaired) electrons. The van der Waals surface area contributed by atoms with Crippen LogP contribution >= 0.6 is 28.1 Å². The first-order valence-electron chi connectivity index (χ1n) is 6.68. The largest absolute Gasteiger partial charge is 0.454 e. The van der Waals surface area contributed by atoms with Gasteiger partial charge in [-0.1, -0.05) is 15.9 Å². The Morgan fingerprint density at radius 3 is 2.64 bits per heavy atom. The second-order valence-corrected chi connectivity index (χ2v) is 6.19.